The average Bonchev–Trinajstić information content (AvgIpc) is 2.72. The molecule has 2 N–H and O–H groups in total. The van der Waals surface area contributed by atoms with Gasteiger partial charge in [-0.2, -0.15) is 5.26 Å². The zero-order chi connectivity index (χ0) is 19.8. The van der Waals surface area contributed by atoms with Crippen LogP contribution < -0.4 is 15.2 Å². The SMILES string of the molecule is COc1cccc2c3c(ccc12)C(c1cccc([N+](=O)[O-])c1)C(C#N)=C(N)O3. The van der Waals surface area contributed by atoms with E-state index in [1.54, 1.807) is 19.2 Å². The highest BCUT2D eigenvalue weighted by Crippen LogP contribution is 2.46. The Kier molecular flexibility index (Phi) is 4.09. The quantitative estimate of drug-likeness (QED) is 0.549. The first-order valence-corrected chi connectivity index (χ1v) is 8.46. The Morgan fingerprint density at radius 1 is 1.18 bits per heavy atom. The number of ether oxygens (including phenoxy) is 2. The molecule has 0 spiro atoms. The number of nitrogens with two attached hydrogens (primary N) is 1. The summed E-state index contributed by atoms with van der Waals surface area (Å²) in [5.74, 6) is 0.625. The summed E-state index contributed by atoms with van der Waals surface area (Å²) in [5.41, 5.74) is 7.54. The Morgan fingerprint density at radius 2 is 1.96 bits per heavy atom. The molecule has 1 aliphatic rings. The Balaban J connectivity index is 2.00. The van der Waals surface area contributed by atoms with Crippen LogP contribution in [-0.2, 0) is 0 Å². The third-order valence-electron chi connectivity index (χ3n) is 4.83. The van der Waals surface area contributed by atoms with E-state index in [9.17, 15) is 15.4 Å². The standard InChI is InChI=1S/C21H15N3O4/c1-27-18-7-3-6-15-14(18)8-9-16-19(17(11-22)21(23)28-20(15)16)12-4-2-5-13(10-12)24(25)26/h2-10,19H,23H2,1H3. The second-order valence-electron chi connectivity index (χ2n) is 6.32. The summed E-state index contributed by atoms with van der Waals surface area (Å²) >= 11 is 0. The highest BCUT2D eigenvalue weighted by atomic mass is 16.6. The molecule has 0 fully saturated rings. The van der Waals surface area contributed by atoms with Crippen molar-refractivity contribution in [3.63, 3.8) is 0 Å². The Bertz CT molecular complexity index is 1190. The lowest BCUT2D eigenvalue weighted by molar-refractivity contribution is -0.384. The van der Waals surface area contributed by atoms with Crippen LogP contribution in [0.2, 0.25) is 0 Å². The molecule has 1 heterocycles. The van der Waals surface area contributed by atoms with Gasteiger partial charge in [0.25, 0.3) is 5.69 Å². The van der Waals surface area contributed by atoms with Crippen LogP contribution in [0.4, 0.5) is 5.69 Å². The van der Waals surface area contributed by atoms with E-state index in [2.05, 4.69) is 6.07 Å². The maximum absolute atomic E-state index is 11.2. The van der Waals surface area contributed by atoms with Crippen molar-refractivity contribution >= 4 is 16.5 Å². The molecule has 3 aromatic carbocycles. The highest BCUT2D eigenvalue weighted by molar-refractivity contribution is 5.95. The fourth-order valence-corrected chi connectivity index (χ4v) is 3.58. The molecule has 0 aromatic heterocycles. The number of hydrogen-bond donors (Lipinski definition) is 1. The molecule has 1 aliphatic heterocycles. The molecule has 1 atom stereocenters. The third kappa shape index (κ3) is 2.59. The van der Waals surface area contributed by atoms with Crippen LogP contribution >= 0.6 is 0 Å². The van der Waals surface area contributed by atoms with Crippen LogP contribution in [0, 0.1) is 21.4 Å². The molecule has 28 heavy (non-hydrogen) atoms. The number of nitro groups is 1. The van der Waals surface area contributed by atoms with E-state index >= 15 is 0 Å². The number of benzene rings is 3. The van der Waals surface area contributed by atoms with Gasteiger partial charge in [0, 0.05) is 28.5 Å². The van der Waals surface area contributed by atoms with Gasteiger partial charge in [0.2, 0.25) is 5.88 Å². The maximum Gasteiger partial charge on any atom is 0.269 e. The summed E-state index contributed by atoms with van der Waals surface area (Å²) < 4.78 is 11.2. The second kappa shape index (κ2) is 6.59. The number of hydrogen-bond acceptors (Lipinski definition) is 6. The van der Waals surface area contributed by atoms with E-state index in [1.807, 2.05) is 30.3 Å². The fraction of sp³-hybridized carbons (Fsp3) is 0.0952. The summed E-state index contributed by atoms with van der Waals surface area (Å²) in [6, 6.07) is 17.6. The van der Waals surface area contributed by atoms with Crippen molar-refractivity contribution in [3.05, 3.63) is 87.3 Å². The van der Waals surface area contributed by atoms with E-state index in [1.165, 1.54) is 12.1 Å². The number of non-ortho nitro benzene ring substituents is 1. The van der Waals surface area contributed by atoms with Gasteiger partial charge in [0.1, 0.15) is 23.1 Å². The van der Waals surface area contributed by atoms with Crippen LogP contribution in [0.1, 0.15) is 17.0 Å². The highest BCUT2D eigenvalue weighted by Gasteiger charge is 2.32. The predicted molar refractivity (Wildman–Crippen MR) is 103 cm³/mol. The molecular weight excluding hydrogens is 358 g/mol. The van der Waals surface area contributed by atoms with Gasteiger partial charge in [0.05, 0.1) is 18.0 Å². The fourth-order valence-electron chi connectivity index (χ4n) is 3.58. The molecule has 138 valence electrons. The first kappa shape index (κ1) is 17.4. The minimum atomic E-state index is -0.566. The Hall–Kier alpha value is -4.05. The largest absolute Gasteiger partial charge is 0.496 e. The molecule has 0 saturated carbocycles. The van der Waals surface area contributed by atoms with Crippen molar-refractivity contribution in [2.24, 2.45) is 5.73 Å². The summed E-state index contributed by atoms with van der Waals surface area (Å²) in [6.07, 6.45) is 0. The van der Waals surface area contributed by atoms with Crippen molar-refractivity contribution < 1.29 is 14.4 Å². The number of rotatable bonds is 3. The van der Waals surface area contributed by atoms with Gasteiger partial charge in [-0.1, -0.05) is 36.4 Å². The van der Waals surface area contributed by atoms with Gasteiger partial charge in [-0.15, -0.1) is 0 Å². The number of allylic oxidation sites excluding steroid dienone is 1. The number of fused-ring (bicyclic) bond motifs is 3. The summed E-state index contributed by atoms with van der Waals surface area (Å²) in [5, 5.41) is 22.5. The minimum absolute atomic E-state index is 0.0122. The van der Waals surface area contributed by atoms with Crippen LogP contribution in [0.25, 0.3) is 10.8 Å². The van der Waals surface area contributed by atoms with Gasteiger partial charge < -0.3 is 15.2 Å². The van der Waals surface area contributed by atoms with Crippen LogP contribution in [-0.4, -0.2) is 12.0 Å². The minimum Gasteiger partial charge on any atom is -0.496 e. The van der Waals surface area contributed by atoms with E-state index in [-0.39, 0.29) is 17.1 Å². The second-order valence-corrected chi connectivity index (χ2v) is 6.32. The van der Waals surface area contributed by atoms with Gasteiger partial charge in [-0.3, -0.25) is 10.1 Å². The van der Waals surface area contributed by atoms with Crippen LogP contribution in [0.5, 0.6) is 11.5 Å². The number of nitro benzene ring substituents is 1. The van der Waals surface area contributed by atoms with E-state index in [0.29, 0.717) is 22.6 Å². The van der Waals surface area contributed by atoms with E-state index < -0.39 is 10.8 Å². The van der Waals surface area contributed by atoms with Gasteiger partial charge in [-0.25, -0.2) is 0 Å². The molecule has 0 radical (unpaired) electrons. The Morgan fingerprint density at radius 3 is 2.68 bits per heavy atom. The normalized spacial score (nSPS) is 15.5. The average molecular weight is 373 g/mol. The first-order valence-electron chi connectivity index (χ1n) is 8.46. The molecule has 4 rings (SSSR count). The molecule has 1 unspecified atom stereocenters. The molecular formula is C21H15N3O4. The number of nitriles is 1. The van der Waals surface area contributed by atoms with Crippen molar-refractivity contribution in [1.82, 2.24) is 0 Å². The summed E-state index contributed by atoms with van der Waals surface area (Å²) in [7, 11) is 1.59. The molecule has 0 bridgehead atoms. The smallest absolute Gasteiger partial charge is 0.269 e. The van der Waals surface area contributed by atoms with Crippen LogP contribution in [0.15, 0.2) is 66.1 Å². The van der Waals surface area contributed by atoms with Crippen LogP contribution in [0.3, 0.4) is 0 Å². The molecule has 7 heteroatoms. The zero-order valence-corrected chi connectivity index (χ0v) is 14.9. The monoisotopic (exact) mass is 373 g/mol. The predicted octanol–water partition coefficient (Wildman–Crippen LogP) is 3.97. The molecule has 0 aliphatic carbocycles. The molecule has 7 nitrogen and oxygen atoms in total. The van der Waals surface area contributed by atoms with Gasteiger partial charge >= 0.3 is 0 Å². The van der Waals surface area contributed by atoms with E-state index in [0.717, 1.165) is 10.8 Å². The lowest BCUT2D eigenvalue weighted by atomic mass is 9.82. The van der Waals surface area contributed by atoms with Crippen molar-refractivity contribution in [1.29, 1.82) is 5.26 Å². The summed E-state index contributed by atoms with van der Waals surface area (Å²) in [4.78, 5) is 10.7. The Labute approximate surface area is 160 Å². The lowest BCUT2D eigenvalue weighted by Gasteiger charge is -2.27. The number of methoxy groups -OCH3 is 1. The summed E-state index contributed by atoms with van der Waals surface area (Å²) in [6.45, 7) is 0. The molecule has 3 aromatic rings. The van der Waals surface area contributed by atoms with E-state index in [4.69, 9.17) is 15.2 Å². The lowest BCUT2D eigenvalue weighted by Crippen LogP contribution is -2.21. The molecule has 0 amide bonds. The third-order valence-corrected chi connectivity index (χ3v) is 4.83. The topological polar surface area (TPSA) is 111 Å². The van der Waals surface area contributed by atoms with Gasteiger partial charge in [-0.05, 0) is 11.6 Å². The maximum atomic E-state index is 11.2. The zero-order valence-electron chi connectivity index (χ0n) is 14.9. The van der Waals surface area contributed by atoms with Crippen molar-refractivity contribution in [2.75, 3.05) is 7.11 Å². The van der Waals surface area contributed by atoms with Crippen molar-refractivity contribution in [2.45, 2.75) is 5.92 Å². The number of nitrogens with zero attached hydrogens (tertiary/aromatic N) is 2. The first-order chi connectivity index (χ1) is 13.5. The molecule has 0 saturated heterocycles. The van der Waals surface area contributed by atoms with Crippen molar-refractivity contribution in [3.8, 4) is 17.6 Å². The van der Waals surface area contributed by atoms with Gasteiger partial charge in [0.15, 0.2) is 0 Å².